The Morgan fingerprint density at radius 2 is 1.92 bits per heavy atom. The summed E-state index contributed by atoms with van der Waals surface area (Å²) >= 11 is 0. The maximum atomic E-state index is 14.5. The lowest BCUT2D eigenvalue weighted by Crippen LogP contribution is -2.42. The number of methoxy groups -OCH3 is 1. The fourth-order valence-electron chi connectivity index (χ4n) is 4.63. The maximum Gasteiger partial charge on any atom is 0.277 e. The lowest BCUT2D eigenvalue weighted by atomic mass is 10.0. The predicted octanol–water partition coefficient (Wildman–Crippen LogP) is 2.46. The Morgan fingerprint density at radius 3 is 2.61 bits per heavy atom. The molecule has 0 saturated carbocycles. The highest BCUT2D eigenvalue weighted by Crippen LogP contribution is 2.34. The second kappa shape index (κ2) is 9.42. The van der Waals surface area contributed by atoms with Gasteiger partial charge in [-0.05, 0) is 49.2 Å². The number of fused-ring (bicyclic) bond motifs is 1. The van der Waals surface area contributed by atoms with Crippen LogP contribution in [0.5, 0.6) is 5.75 Å². The van der Waals surface area contributed by atoms with Crippen LogP contribution in [0, 0.1) is 12.7 Å². The van der Waals surface area contributed by atoms with Crippen molar-refractivity contribution in [1.29, 1.82) is 0 Å². The number of carbonyl (C=O) groups excluding carboxylic acids is 3. The molecule has 0 spiro atoms. The molecule has 1 aromatic heterocycles. The lowest BCUT2D eigenvalue weighted by Gasteiger charge is -2.31. The van der Waals surface area contributed by atoms with Crippen LogP contribution in [0.1, 0.15) is 21.6 Å². The Balaban J connectivity index is 1.52. The molecule has 0 radical (unpaired) electrons. The average Bonchev–Trinajstić information content (AvgIpc) is 3.24. The number of aromatic nitrogens is 2. The molecule has 1 saturated heterocycles. The van der Waals surface area contributed by atoms with Crippen LogP contribution in [0.3, 0.4) is 0 Å². The molecule has 186 valence electrons. The predicted molar refractivity (Wildman–Crippen MR) is 129 cm³/mol. The number of rotatable bonds is 6. The normalized spacial score (nSPS) is 15.6. The minimum absolute atomic E-state index is 0.0433. The summed E-state index contributed by atoms with van der Waals surface area (Å²) in [6.07, 6.45) is 0.923. The summed E-state index contributed by atoms with van der Waals surface area (Å²) in [5.74, 6) is -0.738. The Morgan fingerprint density at radius 1 is 1.11 bits per heavy atom. The van der Waals surface area contributed by atoms with E-state index in [1.165, 1.54) is 23.9 Å². The van der Waals surface area contributed by atoms with Crippen molar-refractivity contribution in [2.45, 2.75) is 13.3 Å². The van der Waals surface area contributed by atoms with Gasteiger partial charge in [-0.15, -0.1) is 5.10 Å². The first-order valence-corrected chi connectivity index (χ1v) is 11.4. The van der Waals surface area contributed by atoms with E-state index in [4.69, 9.17) is 9.47 Å². The summed E-state index contributed by atoms with van der Waals surface area (Å²) in [5.41, 5.74) is 3.40. The third kappa shape index (κ3) is 3.97. The molecule has 0 atom stereocenters. The topological polar surface area (TPSA) is 106 Å². The van der Waals surface area contributed by atoms with Crippen molar-refractivity contribution in [1.82, 2.24) is 9.78 Å². The highest BCUT2D eigenvalue weighted by atomic mass is 19.1. The molecule has 1 fully saturated rings. The number of anilines is 3. The van der Waals surface area contributed by atoms with Crippen molar-refractivity contribution >= 4 is 35.4 Å². The zero-order chi connectivity index (χ0) is 25.4. The van der Waals surface area contributed by atoms with Crippen LogP contribution in [0.2, 0.25) is 0 Å². The number of carbonyl (C=O) groups is 3. The van der Waals surface area contributed by atoms with E-state index < -0.39 is 5.82 Å². The number of aryl methyl sites for hydroxylation is 1. The fraction of sp³-hybridized carbons (Fsp3) is 0.280. The van der Waals surface area contributed by atoms with E-state index in [0.29, 0.717) is 49.5 Å². The highest BCUT2D eigenvalue weighted by Gasteiger charge is 2.34. The molecule has 3 heterocycles. The van der Waals surface area contributed by atoms with Gasteiger partial charge in [-0.25, -0.2) is 9.07 Å². The van der Waals surface area contributed by atoms with Gasteiger partial charge in [0.2, 0.25) is 6.41 Å². The minimum atomic E-state index is -0.604. The second-order valence-corrected chi connectivity index (χ2v) is 8.44. The molecule has 2 aliphatic rings. The molecule has 2 aromatic carbocycles. The van der Waals surface area contributed by atoms with Gasteiger partial charge in [0.15, 0.2) is 17.4 Å². The van der Waals surface area contributed by atoms with Crippen molar-refractivity contribution in [3.63, 3.8) is 0 Å². The van der Waals surface area contributed by atoms with E-state index in [9.17, 15) is 18.8 Å². The summed E-state index contributed by atoms with van der Waals surface area (Å²) < 4.78 is 26.0. The first-order valence-electron chi connectivity index (χ1n) is 11.4. The molecule has 3 amide bonds. The molecule has 1 N–H and O–H groups in total. The molecular weight excluding hydrogens is 469 g/mol. The Hall–Kier alpha value is -4.25. The van der Waals surface area contributed by atoms with Crippen LogP contribution in [-0.2, 0) is 20.7 Å². The van der Waals surface area contributed by atoms with Gasteiger partial charge in [0, 0.05) is 36.1 Å². The number of nitrogens with zero attached hydrogens (tertiary/aromatic N) is 4. The van der Waals surface area contributed by atoms with Crippen LogP contribution in [-0.4, -0.2) is 61.4 Å². The van der Waals surface area contributed by atoms with Crippen molar-refractivity contribution in [3.8, 4) is 11.4 Å². The Bertz CT molecular complexity index is 1370. The van der Waals surface area contributed by atoms with Crippen LogP contribution in [0.4, 0.5) is 21.6 Å². The van der Waals surface area contributed by atoms with E-state index >= 15 is 0 Å². The Labute approximate surface area is 206 Å². The van der Waals surface area contributed by atoms with Gasteiger partial charge in [-0.3, -0.25) is 14.4 Å². The summed E-state index contributed by atoms with van der Waals surface area (Å²) in [5, 5.41) is 6.94. The SMILES string of the molecule is COc1ccc(-n2nc(NC=O)c3c2C(=O)N(c2ccc(N4CCOCC4=O)c(C)c2)CC3)cc1F. The fourth-order valence-corrected chi connectivity index (χ4v) is 4.63. The number of nitrogens with one attached hydrogen (secondary N) is 1. The monoisotopic (exact) mass is 493 g/mol. The number of hydrogen-bond acceptors (Lipinski definition) is 6. The van der Waals surface area contributed by atoms with Crippen molar-refractivity contribution in [2.24, 2.45) is 0 Å². The van der Waals surface area contributed by atoms with Gasteiger partial charge in [0.25, 0.3) is 11.8 Å². The molecule has 5 rings (SSSR count). The number of benzene rings is 2. The smallest absolute Gasteiger partial charge is 0.277 e. The molecule has 36 heavy (non-hydrogen) atoms. The van der Waals surface area contributed by atoms with Crippen LogP contribution in [0.25, 0.3) is 5.69 Å². The summed E-state index contributed by atoms with van der Waals surface area (Å²) in [4.78, 5) is 40.5. The summed E-state index contributed by atoms with van der Waals surface area (Å²) in [7, 11) is 1.36. The number of hydrogen-bond donors (Lipinski definition) is 1. The van der Waals surface area contributed by atoms with E-state index in [1.807, 2.05) is 19.1 Å². The van der Waals surface area contributed by atoms with Crippen molar-refractivity contribution in [3.05, 3.63) is 59.0 Å². The molecule has 11 heteroatoms. The van der Waals surface area contributed by atoms with Gasteiger partial charge in [0.1, 0.15) is 12.3 Å². The standard InChI is InChI=1S/C25H24FN5O5/c1-15-11-16(3-5-20(15)30-9-10-36-13-22(30)33)29-8-7-18-23(25(29)34)31(28-24(18)27-14-32)17-4-6-21(35-2)19(26)12-17/h3-6,11-12,14H,7-10,13H2,1-2H3,(H,27,28,32). The van der Waals surface area contributed by atoms with E-state index in [1.54, 1.807) is 21.9 Å². The molecule has 0 aliphatic carbocycles. The van der Waals surface area contributed by atoms with Gasteiger partial charge in [0.05, 0.1) is 19.4 Å². The number of morpholine rings is 1. The lowest BCUT2D eigenvalue weighted by molar-refractivity contribution is -0.125. The highest BCUT2D eigenvalue weighted by molar-refractivity contribution is 6.09. The molecule has 3 aromatic rings. The summed E-state index contributed by atoms with van der Waals surface area (Å²) in [6.45, 7) is 3.22. The molecule has 0 bridgehead atoms. The Kier molecular flexibility index (Phi) is 6.15. The number of amides is 3. The van der Waals surface area contributed by atoms with Crippen molar-refractivity contribution < 1.29 is 28.2 Å². The van der Waals surface area contributed by atoms with E-state index in [2.05, 4.69) is 10.4 Å². The van der Waals surface area contributed by atoms with Gasteiger partial charge in [-0.2, -0.15) is 0 Å². The number of halogens is 1. The second-order valence-electron chi connectivity index (χ2n) is 8.44. The maximum absolute atomic E-state index is 14.5. The molecule has 0 unspecified atom stereocenters. The first-order chi connectivity index (χ1) is 17.4. The van der Waals surface area contributed by atoms with Gasteiger partial charge < -0.3 is 24.6 Å². The summed E-state index contributed by atoms with van der Waals surface area (Å²) in [6, 6.07) is 9.75. The van der Waals surface area contributed by atoms with Gasteiger partial charge in [-0.1, -0.05) is 0 Å². The van der Waals surface area contributed by atoms with Crippen LogP contribution in [0.15, 0.2) is 36.4 Å². The van der Waals surface area contributed by atoms with Crippen LogP contribution < -0.4 is 19.9 Å². The molecule has 2 aliphatic heterocycles. The average molecular weight is 493 g/mol. The van der Waals surface area contributed by atoms with Crippen LogP contribution >= 0.6 is 0 Å². The zero-order valence-electron chi connectivity index (χ0n) is 19.8. The van der Waals surface area contributed by atoms with E-state index in [0.717, 1.165) is 11.3 Å². The van der Waals surface area contributed by atoms with Gasteiger partial charge >= 0.3 is 0 Å². The zero-order valence-corrected chi connectivity index (χ0v) is 19.8. The third-order valence-corrected chi connectivity index (χ3v) is 6.36. The van der Waals surface area contributed by atoms with E-state index in [-0.39, 0.29) is 35.7 Å². The quantitative estimate of drug-likeness (QED) is 0.529. The molecular formula is C25H24FN5O5. The minimum Gasteiger partial charge on any atom is -0.494 e. The third-order valence-electron chi connectivity index (χ3n) is 6.36. The molecule has 10 nitrogen and oxygen atoms in total. The first kappa shape index (κ1) is 23.5. The van der Waals surface area contributed by atoms with Crippen molar-refractivity contribution in [2.75, 3.05) is 48.5 Å². The largest absolute Gasteiger partial charge is 0.494 e. The number of ether oxygens (including phenoxy) is 2.